The van der Waals surface area contributed by atoms with Crippen LogP contribution in [0.3, 0.4) is 0 Å². The number of hydrogen-bond donors (Lipinski definition) is 1. The van der Waals surface area contributed by atoms with E-state index in [4.69, 9.17) is 0 Å². The van der Waals surface area contributed by atoms with Crippen molar-refractivity contribution in [3.8, 4) is 0 Å². The first-order valence-corrected chi connectivity index (χ1v) is 10.6. The van der Waals surface area contributed by atoms with Gasteiger partial charge in [-0.05, 0) is 27.5 Å². The largest absolute Gasteiger partial charge is 0.384 e. The summed E-state index contributed by atoms with van der Waals surface area (Å²) < 4.78 is 0. The zero-order valence-corrected chi connectivity index (χ0v) is 13.2. The molecule has 3 rings (SSSR count). The second-order valence-corrected chi connectivity index (χ2v) is 11.4. The van der Waals surface area contributed by atoms with Crippen molar-refractivity contribution in [2.24, 2.45) is 0 Å². The van der Waals surface area contributed by atoms with Crippen LogP contribution in [0.1, 0.15) is 22.8 Å². The predicted octanol–water partition coefficient (Wildman–Crippen LogP) is 4.41. The number of fused-ring (bicyclic) bond motifs is 1. The molecule has 0 radical (unpaired) electrons. The predicted molar refractivity (Wildman–Crippen MR) is 87.2 cm³/mol. The van der Waals surface area contributed by atoms with Crippen molar-refractivity contribution in [3.05, 3.63) is 76.5 Å². The summed E-state index contributed by atoms with van der Waals surface area (Å²) >= 11 is 0. The van der Waals surface area contributed by atoms with Gasteiger partial charge in [-0.3, -0.25) is 0 Å². The molecule has 1 aliphatic rings. The lowest BCUT2D eigenvalue weighted by molar-refractivity contribution is 0.226. The van der Waals surface area contributed by atoms with Crippen LogP contribution >= 0.6 is 0 Å². The summed E-state index contributed by atoms with van der Waals surface area (Å²) in [5, 5.41) is 12.0. The van der Waals surface area contributed by atoms with Gasteiger partial charge >= 0.3 is 0 Å². The maximum atomic E-state index is 10.8. The van der Waals surface area contributed by atoms with Gasteiger partial charge in [0.15, 0.2) is 0 Å². The van der Waals surface area contributed by atoms with E-state index in [9.17, 15) is 5.11 Å². The van der Waals surface area contributed by atoms with E-state index in [1.54, 1.807) is 0 Å². The maximum absolute atomic E-state index is 10.8. The Bertz CT molecular complexity index is 665. The highest BCUT2D eigenvalue weighted by atomic mass is 28.3. The second-order valence-electron chi connectivity index (χ2n) is 6.39. The van der Waals surface area contributed by atoms with Crippen LogP contribution in [0.15, 0.2) is 59.8 Å². The lowest BCUT2D eigenvalue weighted by atomic mass is 9.99. The number of rotatable bonds is 2. The quantitative estimate of drug-likeness (QED) is 0.808. The molecule has 0 aliphatic heterocycles. The van der Waals surface area contributed by atoms with Gasteiger partial charge in [0.2, 0.25) is 0 Å². The van der Waals surface area contributed by atoms with Crippen molar-refractivity contribution in [2.75, 3.05) is 0 Å². The number of benzene rings is 2. The summed E-state index contributed by atoms with van der Waals surface area (Å²) in [4.78, 5) is 0. The molecular formula is C18H20OSi. The molecule has 0 saturated carbocycles. The van der Waals surface area contributed by atoms with E-state index in [0.717, 1.165) is 5.56 Å². The van der Waals surface area contributed by atoms with Gasteiger partial charge in [-0.2, -0.15) is 0 Å². The molecule has 1 atom stereocenters. The SMILES string of the molecule is C[Si](C)(C)C1=C(c2ccccc2)c2ccccc2C1O. The van der Waals surface area contributed by atoms with E-state index in [0.29, 0.717) is 0 Å². The summed E-state index contributed by atoms with van der Waals surface area (Å²) in [6, 6.07) is 18.7. The minimum Gasteiger partial charge on any atom is -0.384 e. The zero-order chi connectivity index (χ0) is 14.3. The van der Waals surface area contributed by atoms with Gasteiger partial charge in [0, 0.05) is 0 Å². The van der Waals surface area contributed by atoms with Crippen LogP contribution in [0.2, 0.25) is 19.6 Å². The van der Waals surface area contributed by atoms with Crippen LogP contribution in [-0.2, 0) is 0 Å². The monoisotopic (exact) mass is 280 g/mol. The van der Waals surface area contributed by atoms with E-state index in [2.05, 4.69) is 62.1 Å². The molecular weight excluding hydrogens is 260 g/mol. The van der Waals surface area contributed by atoms with Gasteiger partial charge in [-0.25, -0.2) is 0 Å². The van der Waals surface area contributed by atoms with Crippen molar-refractivity contribution >= 4 is 13.6 Å². The molecule has 20 heavy (non-hydrogen) atoms. The van der Waals surface area contributed by atoms with Crippen LogP contribution in [-0.4, -0.2) is 13.2 Å². The molecule has 0 amide bonds. The van der Waals surface area contributed by atoms with E-state index in [-0.39, 0.29) is 0 Å². The number of hydrogen-bond acceptors (Lipinski definition) is 1. The average molecular weight is 280 g/mol. The Morgan fingerprint density at radius 1 is 0.850 bits per heavy atom. The molecule has 2 aromatic carbocycles. The molecule has 1 unspecified atom stereocenters. The Hall–Kier alpha value is -1.64. The lowest BCUT2D eigenvalue weighted by Gasteiger charge is -2.24. The van der Waals surface area contributed by atoms with Gasteiger partial charge in [0.25, 0.3) is 0 Å². The van der Waals surface area contributed by atoms with E-state index >= 15 is 0 Å². The highest BCUT2D eigenvalue weighted by Gasteiger charge is 2.37. The molecule has 0 heterocycles. The van der Waals surface area contributed by atoms with Crippen molar-refractivity contribution < 1.29 is 5.11 Å². The molecule has 2 heteroatoms. The molecule has 0 saturated heterocycles. The first-order chi connectivity index (χ1) is 9.50. The third kappa shape index (κ3) is 2.05. The Labute approximate surface area is 121 Å². The van der Waals surface area contributed by atoms with Crippen molar-refractivity contribution in [3.63, 3.8) is 0 Å². The highest BCUT2D eigenvalue weighted by Crippen LogP contribution is 2.46. The Balaban J connectivity index is 2.31. The minimum atomic E-state index is -1.60. The van der Waals surface area contributed by atoms with E-state index < -0.39 is 14.2 Å². The summed E-state index contributed by atoms with van der Waals surface area (Å²) in [5.41, 5.74) is 4.73. The van der Waals surface area contributed by atoms with Gasteiger partial charge in [-0.15, -0.1) is 0 Å². The molecule has 0 aromatic heterocycles. The molecule has 0 bridgehead atoms. The van der Waals surface area contributed by atoms with Crippen LogP contribution in [0.5, 0.6) is 0 Å². The zero-order valence-electron chi connectivity index (χ0n) is 12.2. The van der Waals surface area contributed by atoms with E-state index in [1.807, 2.05) is 12.1 Å². The van der Waals surface area contributed by atoms with Gasteiger partial charge in [0.1, 0.15) is 0 Å². The standard InChI is InChI=1S/C18H20OSi/c1-20(2,3)18-16(13-9-5-4-6-10-13)14-11-7-8-12-15(14)17(18)19/h4-12,17,19H,1-3H3. The third-order valence-electron chi connectivity index (χ3n) is 3.94. The fourth-order valence-corrected chi connectivity index (χ4v) is 5.11. The molecule has 1 aliphatic carbocycles. The van der Waals surface area contributed by atoms with Crippen LogP contribution < -0.4 is 0 Å². The normalized spacial score (nSPS) is 18.3. The average Bonchev–Trinajstić information content (AvgIpc) is 2.74. The topological polar surface area (TPSA) is 20.2 Å². The Morgan fingerprint density at radius 2 is 1.45 bits per heavy atom. The summed E-state index contributed by atoms with van der Waals surface area (Å²) in [7, 11) is -1.60. The Kier molecular flexibility index (Phi) is 3.15. The van der Waals surface area contributed by atoms with Gasteiger partial charge in [0.05, 0.1) is 14.2 Å². The van der Waals surface area contributed by atoms with Crippen LogP contribution in [0, 0.1) is 0 Å². The smallest absolute Gasteiger partial charge is 0.0981 e. The third-order valence-corrected chi connectivity index (χ3v) is 6.08. The van der Waals surface area contributed by atoms with Crippen LogP contribution in [0.4, 0.5) is 0 Å². The lowest BCUT2D eigenvalue weighted by Crippen LogP contribution is -2.27. The summed E-state index contributed by atoms with van der Waals surface area (Å²) in [5.74, 6) is 0. The van der Waals surface area contributed by atoms with Crippen molar-refractivity contribution in [1.29, 1.82) is 0 Å². The fraction of sp³-hybridized carbons (Fsp3) is 0.222. The number of aliphatic hydroxyl groups excluding tert-OH is 1. The molecule has 0 fully saturated rings. The molecule has 102 valence electrons. The summed E-state index contributed by atoms with van der Waals surface area (Å²) in [6.45, 7) is 6.92. The van der Waals surface area contributed by atoms with Crippen LogP contribution in [0.25, 0.3) is 5.57 Å². The molecule has 1 nitrogen and oxygen atoms in total. The first-order valence-electron chi connectivity index (χ1n) is 7.07. The number of aliphatic hydroxyl groups is 1. The Morgan fingerprint density at radius 3 is 2.10 bits per heavy atom. The van der Waals surface area contributed by atoms with Gasteiger partial charge in [-0.1, -0.05) is 74.2 Å². The first kappa shape index (κ1) is 13.3. The van der Waals surface area contributed by atoms with Crippen molar-refractivity contribution in [1.82, 2.24) is 0 Å². The van der Waals surface area contributed by atoms with Gasteiger partial charge < -0.3 is 5.11 Å². The minimum absolute atomic E-state index is 0.437. The van der Waals surface area contributed by atoms with E-state index in [1.165, 1.54) is 21.9 Å². The highest BCUT2D eigenvalue weighted by molar-refractivity contribution is 6.84. The summed E-state index contributed by atoms with van der Waals surface area (Å²) in [6.07, 6.45) is -0.437. The second kappa shape index (κ2) is 4.72. The molecule has 0 spiro atoms. The maximum Gasteiger partial charge on any atom is 0.0981 e. The fourth-order valence-electron chi connectivity index (χ4n) is 3.10. The molecule has 1 N–H and O–H groups in total. The van der Waals surface area contributed by atoms with Crippen molar-refractivity contribution in [2.45, 2.75) is 25.7 Å². The molecule has 2 aromatic rings.